The van der Waals surface area contributed by atoms with Gasteiger partial charge in [-0.25, -0.2) is 0 Å². The minimum atomic E-state index is -0.219. The Balaban J connectivity index is 1.42. The van der Waals surface area contributed by atoms with E-state index < -0.39 is 0 Å². The summed E-state index contributed by atoms with van der Waals surface area (Å²) in [5.74, 6) is -0.263. The molecular weight excluding hydrogens is 380 g/mol. The molecule has 7 heteroatoms. The SMILES string of the molecule is Cc1ccc(NC(=O)CN(C)C(=O)C[NH+]2CCN(C(=O)c3ccccc3)CC2)cc1. The number of rotatable bonds is 6. The Morgan fingerprint density at radius 1 is 1.00 bits per heavy atom. The van der Waals surface area contributed by atoms with E-state index in [0.29, 0.717) is 38.3 Å². The van der Waals surface area contributed by atoms with Crippen LogP contribution in [-0.4, -0.2) is 73.8 Å². The van der Waals surface area contributed by atoms with Gasteiger partial charge in [0.2, 0.25) is 5.91 Å². The first kappa shape index (κ1) is 21.5. The number of anilines is 1. The minimum Gasteiger partial charge on any atom is -0.332 e. The number of quaternary nitrogens is 1. The van der Waals surface area contributed by atoms with Crippen LogP contribution < -0.4 is 10.2 Å². The summed E-state index contributed by atoms with van der Waals surface area (Å²) in [5.41, 5.74) is 2.53. The van der Waals surface area contributed by atoms with Gasteiger partial charge in [0.25, 0.3) is 11.8 Å². The van der Waals surface area contributed by atoms with Gasteiger partial charge in [0.1, 0.15) is 0 Å². The van der Waals surface area contributed by atoms with Crippen LogP contribution in [-0.2, 0) is 9.59 Å². The lowest BCUT2D eigenvalue weighted by Gasteiger charge is -2.32. The standard InChI is InChI=1S/C23H28N4O3/c1-18-8-10-20(11-9-18)24-21(28)16-25(2)22(29)17-26-12-14-27(15-13-26)23(30)19-6-4-3-5-7-19/h3-11H,12-17H2,1-2H3,(H,24,28)/p+1. The molecule has 0 aromatic heterocycles. The van der Waals surface area contributed by atoms with E-state index in [-0.39, 0.29) is 24.3 Å². The summed E-state index contributed by atoms with van der Waals surface area (Å²) >= 11 is 0. The number of amides is 3. The summed E-state index contributed by atoms with van der Waals surface area (Å²) in [4.78, 5) is 41.7. The number of nitrogens with one attached hydrogen (secondary N) is 2. The van der Waals surface area contributed by atoms with E-state index in [1.807, 2.05) is 66.4 Å². The number of likely N-dealkylation sites (N-methyl/N-ethyl adjacent to an activating group) is 1. The Bertz CT molecular complexity index is 875. The molecule has 3 amide bonds. The van der Waals surface area contributed by atoms with Crippen molar-refractivity contribution in [3.05, 3.63) is 65.7 Å². The molecule has 2 aromatic rings. The van der Waals surface area contributed by atoms with Crippen molar-refractivity contribution < 1.29 is 19.3 Å². The maximum absolute atomic E-state index is 12.5. The van der Waals surface area contributed by atoms with E-state index >= 15 is 0 Å². The van der Waals surface area contributed by atoms with Crippen LogP contribution in [0.1, 0.15) is 15.9 Å². The molecule has 0 radical (unpaired) electrons. The van der Waals surface area contributed by atoms with Gasteiger partial charge in [0.15, 0.2) is 6.54 Å². The average molecular weight is 410 g/mol. The van der Waals surface area contributed by atoms with Crippen LogP contribution in [0.4, 0.5) is 5.69 Å². The number of aryl methyl sites for hydroxylation is 1. The molecule has 1 heterocycles. The van der Waals surface area contributed by atoms with Gasteiger partial charge in [-0.3, -0.25) is 14.4 Å². The highest BCUT2D eigenvalue weighted by Crippen LogP contribution is 2.08. The monoisotopic (exact) mass is 409 g/mol. The van der Waals surface area contributed by atoms with Gasteiger partial charge < -0.3 is 20.0 Å². The van der Waals surface area contributed by atoms with Crippen molar-refractivity contribution in [3.8, 4) is 0 Å². The van der Waals surface area contributed by atoms with E-state index in [2.05, 4.69) is 5.32 Å². The van der Waals surface area contributed by atoms with E-state index in [4.69, 9.17) is 0 Å². The number of benzene rings is 2. The maximum atomic E-state index is 12.5. The molecule has 0 spiro atoms. The van der Waals surface area contributed by atoms with Gasteiger partial charge in [-0.1, -0.05) is 35.9 Å². The summed E-state index contributed by atoms with van der Waals surface area (Å²) in [6, 6.07) is 16.8. The van der Waals surface area contributed by atoms with Crippen LogP contribution in [0.2, 0.25) is 0 Å². The molecule has 30 heavy (non-hydrogen) atoms. The third kappa shape index (κ3) is 5.90. The Hall–Kier alpha value is -3.19. The lowest BCUT2D eigenvalue weighted by Crippen LogP contribution is -3.15. The normalized spacial score (nSPS) is 14.3. The van der Waals surface area contributed by atoms with Crippen molar-refractivity contribution in [2.24, 2.45) is 0 Å². The summed E-state index contributed by atoms with van der Waals surface area (Å²) in [6.07, 6.45) is 0. The molecule has 7 nitrogen and oxygen atoms in total. The molecule has 1 aliphatic heterocycles. The predicted molar refractivity (Wildman–Crippen MR) is 115 cm³/mol. The first-order chi connectivity index (χ1) is 14.4. The topological polar surface area (TPSA) is 74.2 Å². The highest BCUT2D eigenvalue weighted by atomic mass is 16.2. The fraction of sp³-hybridized carbons (Fsp3) is 0.348. The smallest absolute Gasteiger partial charge is 0.277 e. The van der Waals surface area contributed by atoms with Gasteiger partial charge >= 0.3 is 0 Å². The highest BCUT2D eigenvalue weighted by molar-refractivity contribution is 5.95. The zero-order valence-corrected chi connectivity index (χ0v) is 17.6. The summed E-state index contributed by atoms with van der Waals surface area (Å²) in [7, 11) is 1.64. The largest absolute Gasteiger partial charge is 0.332 e. The number of piperazine rings is 1. The molecule has 0 saturated carbocycles. The number of hydrogen-bond acceptors (Lipinski definition) is 3. The molecule has 0 atom stereocenters. The van der Waals surface area contributed by atoms with Gasteiger partial charge in [-0.2, -0.15) is 0 Å². The highest BCUT2D eigenvalue weighted by Gasteiger charge is 2.27. The van der Waals surface area contributed by atoms with Crippen molar-refractivity contribution in [1.82, 2.24) is 9.80 Å². The molecule has 0 aliphatic carbocycles. The van der Waals surface area contributed by atoms with Crippen LogP contribution in [0.5, 0.6) is 0 Å². The Labute approximate surface area is 177 Å². The van der Waals surface area contributed by atoms with Gasteiger partial charge in [-0.05, 0) is 31.2 Å². The first-order valence-corrected chi connectivity index (χ1v) is 10.2. The molecule has 1 fully saturated rings. The van der Waals surface area contributed by atoms with Gasteiger partial charge in [0, 0.05) is 18.3 Å². The lowest BCUT2D eigenvalue weighted by molar-refractivity contribution is -0.896. The van der Waals surface area contributed by atoms with Gasteiger partial charge in [-0.15, -0.1) is 0 Å². The van der Waals surface area contributed by atoms with Crippen molar-refractivity contribution in [3.63, 3.8) is 0 Å². The summed E-state index contributed by atoms with van der Waals surface area (Å²) in [6.45, 7) is 4.99. The van der Waals surface area contributed by atoms with Crippen molar-refractivity contribution in [2.75, 3.05) is 51.6 Å². The van der Waals surface area contributed by atoms with Crippen molar-refractivity contribution in [1.29, 1.82) is 0 Å². The molecule has 158 valence electrons. The number of carbonyl (C=O) groups is 3. The second-order valence-electron chi connectivity index (χ2n) is 7.75. The van der Waals surface area contributed by atoms with Crippen LogP contribution in [0, 0.1) is 6.92 Å². The quantitative estimate of drug-likeness (QED) is 0.727. The third-order valence-corrected chi connectivity index (χ3v) is 5.32. The molecule has 2 N–H and O–H groups in total. The second-order valence-corrected chi connectivity index (χ2v) is 7.75. The first-order valence-electron chi connectivity index (χ1n) is 10.2. The fourth-order valence-electron chi connectivity index (χ4n) is 3.46. The predicted octanol–water partition coefficient (Wildman–Crippen LogP) is 0.433. The van der Waals surface area contributed by atoms with E-state index in [1.165, 1.54) is 4.90 Å². The zero-order chi connectivity index (χ0) is 21.5. The van der Waals surface area contributed by atoms with Crippen LogP contribution >= 0.6 is 0 Å². The summed E-state index contributed by atoms with van der Waals surface area (Å²) < 4.78 is 0. The summed E-state index contributed by atoms with van der Waals surface area (Å²) in [5, 5.41) is 2.81. The number of carbonyl (C=O) groups excluding carboxylic acids is 3. The molecule has 1 aliphatic rings. The number of hydrogen-bond donors (Lipinski definition) is 2. The van der Waals surface area contributed by atoms with E-state index in [1.54, 1.807) is 7.05 Å². The number of nitrogens with zero attached hydrogens (tertiary/aromatic N) is 2. The van der Waals surface area contributed by atoms with Crippen LogP contribution in [0.15, 0.2) is 54.6 Å². The maximum Gasteiger partial charge on any atom is 0.277 e. The minimum absolute atomic E-state index is 0.0125. The zero-order valence-electron chi connectivity index (χ0n) is 17.6. The molecule has 1 saturated heterocycles. The Morgan fingerprint density at radius 3 is 2.27 bits per heavy atom. The molecule has 0 bridgehead atoms. The molecule has 3 rings (SSSR count). The average Bonchev–Trinajstić information content (AvgIpc) is 2.76. The van der Waals surface area contributed by atoms with E-state index in [0.717, 1.165) is 16.2 Å². The van der Waals surface area contributed by atoms with E-state index in [9.17, 15) is 14.4 Å². The molecule has 0 unspecified atom stereocenters. The third-order valence-electron chi connectivity index (χ3n) is 5.32. The van der Waals surface area contributed by atoms with Crippen molar-refractivity contribution in [2.45, 2.75) is 6.92 Å². The Morgan fingerprint density at radius 2 is 1.63 bits per heavy atom. The van der Waals surface area contributed by atoms with Crippen LogP contribution in [0.3, 0.4) is 0 Å². The second kappa shape index (κ2) is 10.0. The Kier molecular flexibility index (Phi) is 7.19. The lowest BCUT2D eigenvalue weighted by atomic mass is 10.2. The molecule has 2 aromatic carbocycles. The van der Waals surface area contributed by atoms with Gasteiger partial charge in [0.05, 0.1) is 32.7 Å². The van der Waals surface area contributed by atoms with Crippen LogP contribution in [0.25, 0.3) is 0 Å². The van der Waals surface area contributed by atoms with Crippen molar-refractivity contribution >= 4 is 23.4 Å². The fourth-order valence-corrected chi connectivity index (χ4v) is 3.46. The molecular formula is C23H29N4O3+.